The number of sulfonamides is 1. The molecule has 0 aliphatic carbocycles. The fraction of sp³-hybridized carbons (Fsp3) is 0.125. The highest BCUT2D eigenvalue weighted by molar-refractivity contribution is 7.89. The molecule has 0 amide bonds. The van der Waals surface area contributed by atoms with E-state index in [-0.39, 0.29) is 4.90 Å². The Labute approximate surface area is 134 Å². The van der Waals surface area contributed by atoms with Crippen molar-refractivity contribution in [2.45, 2.75) is 11.3 Å². The molecule has 0 fully saturated rings. The minimum Gasteiger partial charge on any atom is -0.361 e. The van der Waals surface area contributed by atoms with Crippen molar-refractivity contribution in [2.24, 2.45) is 0 Å². The lowest BCUT2D eigenvalue weighted by Gasteiger charge is -2.07. The number of aromatic amines is 1. The van der Waals surface area contributed by atoms with Gasteiger partial charge in [-0.15, -0.1) is 0 Å². The molecular formula is C16H15ClN2O2S. The van der Waals surface area contributed by atoms with E-state index in [1.54, 1.807) is 12.1 Å². The Morgan fingerprint density at radius 3 is 2.59 bits per heavy atom. The van der Waals surface area contributed by atoms with Gasteiger partial charge >= 0.3 is 0 Å². The first-order valence-corrected chi connectivity index (χ1v) is 8.72. The van der Waals surface area contributed by atoms with Crippen LogP contribution in [0.1, 0.15) is 5.56 Å². The minimum atomic E-state index is -3.49. The number of fused-ring (bicyclic) bond motifs is 1. The van der Waals surface area contributed by atoms with Crippen LogP contribution in [-0.2, 0) is 16.4 Å². The summed E-state index contributed by atoms with van der Waals surface area (Å²) in [5.41, 5.74) is 2.16. The summed E-state index contributed by atoms with van der Waals surface area (Å²) < 4.78 is 26.9. The fourth-order valence-electron chi connectivity index (χ4n) is 2.29. The summed E-state index contributed by atoms with van der Waals surface area (Å²) in [6.07, 6.45) is 2.52. The average Bonchev–Trinajstić information content (AvgIpc) is 2.95. The van der Waals surface area contributed by atoms with Gasteiger partial charge in [0.1, 0.15) is 0 Å². The van der Waals surface area contributed by atoms with Gasteiger partial charge in [0.2, 0.25) is 10.0 Å². The first-order valence-electron chi connectivity index (χ1n) is 6.86. The Morgan fingerprint density at radius 2 is 1.82 bits per heavy atom. The van der Waals surface area contributed by atoms with Gasteiger partial charge in [0.05, 0.1) is 4.90 Å². The van der Waals surface area contributed by atoms with Crippen LogP contribution < -0.4 is 4.72 Å². The van der Waals surface area contributed by atoms with E-state index in [1.807, 2.05) is 24.4 Å². The van der Waals surface area contributed by atoms with Crippen LogP contribution in [0.25, 0.3) is 10.9 Å². The molecule has 0 bridgehead atoms. The molecule has 114 valence electrons. The molecule has 0 saturated heterocycles. The molecule has 1 heterocycles. The summed E-state index contributed by atoms with van der Waals surface area (Å²) in [5.74, 6) is 0. The number of rotatable bonds is 5. The van der Waals surface area contributed by atoms with Crippen molar-refractivity contribution in [1.29, 1.82) is 0 Å². The van der Waals surface area contributed by atoms with E-state index in [0.29, 0.717) is 18.0 Å². The van der Waals surface area contributed by atoms with Gasteiger partial charge in [0.15, 0.2) is 0 Å². The molecular weight excluding hydrogens is 320 g/mol. The molecule has 0 spiro atoms. The van der Waals surface area contributed by atoms with Crippen molar-refractivity contribution < 1.29 is 8.42 Å². The first-order chi connectivity index (χ1) is 10.5. The van der Waals surface area contributed by atoms with Gasteiger partial charge in [0.25, 0.3) is 0 Å². The smallest absolute Gasteiger partial charge is 0.240 e. The van der Waals surface area contributed by atoms with Crippen LogP contribution in [0.3, 0.4) is 0 Å². The summed E-state index contributed by atoms with van der Waals surface area (Å²) in [5, 5.41) is 1.64. The number of benzene rings is 2. The van der Waals surface area contributed by atoms with Gasteiger partial charge in [-0.3, -0.25) is 0 Å². The maximum absolute atomic E-state index is 12.1. The molecule has 1 aromatic heterocycles. The number of hydrogen-bond acceptors (Lipinski definition) is 2. The molecule has 2 aromatic carbocycles. The second-order valence-electron chi connectivity index (χ2n) is 5.00. The topological polar surface area (TPSA) is 62.0 Å². The molecule has 0 aliphatic rings. The van der Waals surface area contributed by atoms with Crippen molar-refractivity contribution in [3.05, 3.63) is 65.3 Å². The van der Waals surface area contributed by atoms with Crippen LogP contribution in [-0.4, -0.2) is 19.9 Å². The van der Waals surface area contributed by atoms with Crippen LogP contribution in [0.5, 0.6) is 0 Å². The molecule has 0 unspecified atom stereocenters. The van der Waals surface area contributed by atoms with Crippen molar-refractivity contribution in [3.8, 4) is 0 Å². The summed E-state index contributed by atoms with van der Waals surface area (Å²) in [6.45, 7) is 0.348. The third-order valence-electron chi connectivity index (χ3n) is 3.45. The summed E-state index contributed by atoms with van der Waals surface area (Å²) >= 11 is 5.77. The standard InChI is InChI=1S/C16H15ClN2O2S/c17-14-2-4-15(5-3-14)22(20,21)19-10-7-12-1-6-16-13(11-12)8-9-18-16/h1-6,8-9,11,18-19H,7,10H2. The number of H-pyrrole nitrogens is 1. The van der Waals surface area contributed by atoms with Gasteiger partial charge in [-0.1, -0.05) is 17.7 Å². The van der Waals surface area contributed by atoms with E-state index < -0.39 is 10.0 Å². The molecule has 3 aromatic rings. The van der Waals surface area contributed by atoms with E-state index in [9.17, 15) is 8.42 Å². The van der Waals surface area contributed by atoms with Gasteiger partial charge in [-0.05, 0) is 59.8 Å². The van der Waals surface area contributed by atoms with Crippen LogP contribution in [0.2, 0.25) is 5.02 Å². The van der Waals surface area contributed by atoms with Crippen LogP contribution in [0, 0.1) is 0 Å². The Kier molecular flexibility index (Phi) is 4.20. The predicted octanol–water partition coefficient (Wildman–Crippen LogP) is 3.34. The van der Waals surface area contributed by atoms with Crippen molar-refractivity contribution in [2.75, 3.05) is 6.54 Å². The molecule has 22 heavy (non-hydrogen) atoms. The van der Waals surface area contributed by atoms with E-state index in [1.165, 1.54) is 12.1 Å². The zero-order valence-electron chi connectivity index (χ0n) is 11.7. The van der Waals surface area contributed by atoms with E-state index >= 15 is 0 Å². The third kappa shape index (κ3) is 3.32. The molecule has 0 atom stereocenters. The zero-order chi connectivity index (χ0) is 15.6. The minimum absolute atomic E-state index is 0.220. The second kappa shape index (κ2) is 6.12. The van der Waals surface area contributed by atoms with Crippen molar-refractivity contribution >= 4 is 32.5 Å². The van der Waals surface area contributed by atoms with Gasteiger partial charge in [0, 0.05) is 23.3 Å². The average molecular weight is 335 g/mol. The Balaban J connectivity index is 1.65. The number of aromatic nitrogens is 1. The molecule has 6 heteroatoms. The monoisotopic (exact) mass is 334 g/mol. The molecule has 0 saturated carbocycles. The lowest BCUT2D eigenvalue weighted by molar-refractivity contribution is 0.581. The lowest BCUT2D eigenvalue weighted by atomic mass is 10.1. The van der Waals surface area contributed by atoms with Crippen LogP contribution >= 0.6 is 11.6 Å². The fourth-order valence-corrected chi connectivity index (χ4v) is 3.44. The number of nitrogens with one attached hydrogen (secondary N) is 2. The van der Waals surface area contributed by atoms with Crippen molar-refractivity contribution in [1.82, 2.24) is 9.71 Å². The highest BCUT2D eigenvalue weighted by atomic mass is 35.5. The van der Waals surface area contributed by atoms with Crippen LogP contribution in [0.4, 0.5) is 0 Å². The normalized spacial score (nSPS) is 11.9. The van der Waals surface area contributed by atoms with E-state index in [4.69, 9.17) is 11.6 Å². The van der Waals surface area contributed by atoms with Gasteiger partial charge in [-0.2, -0.15) is 0 Å². The van der Waals surface area contributed by atoms with Crippen LogP contribution in [0.15, 0.2) is 59.6 Å². The molecule has 0 radical (unpaired) electrons. The summed E-state index contributed by atoms with van der Waals surface area (Å²) in [7, 11) is -3.49. The lowest BCUT2D eigenvalue weighted by Crippen LogP contribution is -2.25. The second-order valence-corrected chi connectivity index (χ2v) is 7.20. The molecule has 2 N–H and O–H groups in total. The van der Waals surface area contributed by atoms with E-state index in [2.05, 4.69) is 15.8 Å². The Morgan fingerprint density at radius 1 is 1.05 bits per heavy atom. The summed E-state index contributed by atoms with van der Waals surface area (Å²) in [4.78, 5) is 3.35. The quantitative estimate of drug-likeness (QED) is 0.751. The summed E-state index contributed by atoms with van der Waals surface area (Å²) in [6, 6.07) is 14.2. The highest BCUT2D eigenvalue weighted by Crippen LogP contribution is 2.16. The Hall–Kier alpha value is -1.82. The maximum atomic E-state index is 12.1. The largest absolute Gasteiger partial charge is 0.361 e. The molecule has 4 nitrogen and oxygen atoms in total. The molecule has 0 aliphatic heterocycles. The SMILES string of the molecule is O=S(=O)(NCCc1ccc2[nH]ccc2c1)c1ccc(Cl)cc1. The highest BCUT2D eigenvalue weighted by Gasteiger charge is 2.12. The van der Waals surface area contributed by atoms with Gasteiger partial charge < -0.3 is 4.98 Å². The van der Waals surface area contributed by atoms with Crippen molar-refractivity contribution in [3.63, 3.8) is 0 Å². The number of halogens is 1. The third-order valence-corrected chi connectivity index (χ3v) is 5.18. The first kappa shape index (κ1) is 15.1. The van der Waals surface area contributed by atoms with E-state index in [0.717, 1.165) is 16.5 Å². The predicted molar refractivity (Wildman–Crippen MR) is 88.6 cm³/mol. The Bertz CT molecular complexity index is 886. The maximum Gasteiger partial charge on any atom is 0.240 e. The number of hydrogen-bond donors (Lipinski definition) is 2. The molecule has 3 rings (SSSR count). The zero-order valence-corrected chi connectivity index (χ0v) is 13.3. The van der Waals surface area contributed by atoms with Gasteiger partial charge in [-0.25, -0.2) is 13.1 Å².